The molecule has 23 heavy (non-hydrogen) atoms. The number of benzene rings is 1. The minimum Gasteiger partial charge on any atom is -0.315 e. The van der Waals surface area contributed by atoms with Crippen molar-refractivity contribution in [2.45, 2.75) is 6.42 Å². The molecule has 2 aromatic heterocycles. The Labute approximate surface area is 142 Å². The van der Waals surface area contributed by atoms with Crippen molar-refractivity contribution >= 4 is 34.3 Å². The summed E-state index contributed by atoms with van der Waals surface area (Å²) in [5.74, 6) is -0.0535. The highest BCUT2D eigenvalue weighted by atomic mass is 32.1. The summed E-state index contributed by atoms with van der Waals surface area (Å²) in [5, 5.41) is 15.9. The largest absolute Gasteiger partial charge is 0.315 e. The molecule has 0 N–H and O–H groups in total. The number of aromatic nitrogens is 1. The number of hydrogen-bond donors (Lipinski definition) is 0. The highest BCUT2D eigenvalue weighted by Gasteiger charge is 2.14. The van der Waals surface area contributed by atoms with Gasteiger partial charge >= 0.3 is 0 Å². The van der Waals surface area contributed by atoms with Gasteiger partial charge in [0.1, 0.15) is 5.01 Å². The van der Waals surface area contributed by atoms with Gasteiger partial charge in [-0.15, -0.1) is 11.3 Å². The molecule has 4 nitrogen and oxygen atoms in total. The van der Waals surface area contributed by atoms with E-state index in [2.05, 4.69) is 11.1 Å². The summed E-state index contributed by atoms with van der Waals surface area (Å²) in [6.07, 6.45) is 0.244. The quantitative estimate of drug-likeness (QED) is 0.723. The van der Waals surface area contributed by atoms with Gasteiger partial charge in [-0.2, -0.15) is 16.6 Å². The van der Waals surface area contributed by atoms with Crippen molar-refractivity contribution in [1.29, 1.82) is 5.26 Å². The van der Waals surface area contributed by atoms with E-state index in [-0.39, 0.29) is 12.3 Å². The number of thiazole rings is 1. The molecule has 0 fully saturated rings. The third-order valence-corrected chi connectivity index (χ3v) is 5.01. The maximum Gasteiger partial charge on any atom is 0.232 e. The number of hydrogen-bond acceptors (Lipinski definition) is 5. The molecule has 0 saturated carbocycles. The van der Waals surface area contributed by atoms with Gasteiger partial charge in [-0.05, 0) is 29.6 Å². The summed E-state index contributed by atoms with van der Waals surface area (Å²) in [6, 6.07) is 11.1. The Morgan fingerprint density at radius 1 is 1.35 bits per heavy atom. The van der Waals surface area contributed by atoms with Crippen LogP contribution in [0.5, 0.6) is 0 Å². The molecule has 0 aliphatic rings. The molecular formula is C17H13N3OS2. The van der Waals surface area contributed by atoms with Crippen LogP contribution in [0.3, 0.4) is 0 Å². The van der Waals surface area contributed by atoms with Crippen molar-refractivity contribution in [1.82, 2.24) is 4.98 Å². The number of carbonyl (C=O) groups is 1. The maximum absolute atomic E-state index is 12.4. The van der Waals surface area contributed by atoms with Gasteiger partial charge in [-0.25, -0.2) is 4.98 Å². The summed E-state index contributed by atoms with van der Waals surface area (Å²) in [5.41, 5.74) is 3.11. The molecule has 3 aromatic rings. The van der Waals surface area contributed by atoms with Crippen LogP contribution in [-0.4, -0.2) is 17.9 Å². The number of anilines is 1. The van der Waals surface area contributed by atoms with Crippen LogP contribution in [0, 0.1) is 11.3 Å². The summed E-state index contributed by atoms with van der Waals surface area (Å²) in [7, 11) is 1.71. The van der Waals surface area contributed by atoms with Crippen LogP contribution in [-0.2, 0) is 11.2 Å². The average Bonchev–Trinajstić information content (AvgIpc) is 3.25. The summed E-state index contributed by atoms with van der Waals surface area (Å²) < 4.78 is 0. The lowest BCUT2D eigenvalue weighted by Gasteiger charge is -2.16. The second-order valence-electron chi connectivity index (χ2n) is 4.95. The minimum atomic E-state index is -0.0535. The van der Waals surface area contributed by atoms with E-state index < -0.39 is 0 Å². The maximum atomic E-state index is 12.4. The molecule has 0 atom stereocenters. The molecule has 114 valence electrons. The first-order valence-electron chi connectivity index (χ1n) is 6.91. The van der Waals surface area contributed by atoms with Crippen LogP contribution in [0.4, 0.5) is 5.69 Å². The number of nitriles is 1. The lowest BCUT2D eigenvalue weighted by atomic mass is 10.2. The van der Waals surface area contributed by atoms with Crippen molar-refractivity contribution < 1.29 is 4.79 Å². The van der Waals surface area contributed by atoms with Gasteiger partial charge in [-0.3, -0.25) is 4.79 Å². The van der Waals surface area contributed by atoms with Crippen molar-refractivity contribution in [3.8, 4) is 16.6 Å². The zero-order chi connectivity index (χ0) is 16.2. The summed E-state index contributed by atoms with van der Waals surface area (Å²) >= 11 is 3.17. The van der Waals surface area contributed by atoms with Gasteiger partial charge in [0.25, 0.3) is 0 Å². The zero-order valence-electron chi connectivity index (χ0n) is 12.4. The third-order valence-electron chi connectivity index (χ3n) is 3.39. The highest BCUT2D eigenvalue weighted by molar-refractivity contribution is 7.14. The number of nitrogens with zero attached hydrogens (tertiary/aromatic N) is 3. The molecule has 0 bridgehead atoms. The SMILES string of the molecule is CN(C(=O)Cc1csc(-c2ccsc2)n1)c1cccc(C#N)c1. The third kappa shape index (κ3) is 3.47. The molecule has 0 aliphatic carbocycles. The summed E-state index contributed by atoms with van der Waals surface area (Å²) in [6.45, 7) is 0. The van der Waals surface area contributed by atoms with Crippen LogP contribution in [0.2, 0.25) is 0 Å². The van der Waals surface area contributed by atoms with Crippen LogP contribution in [0.15, 0.2) is 46.5 Å². The van der Waals surface area contributed by atoms with E-state index in [0.717, 1.165) is 16.3 Å². The molecule has 0 saturated heterocycles. The fourth-order valence-electron chi connectivity index (χ4n) is 2.11. The number of carbonyl (C=O) groups excluding carboxylic acids is 1. The van der Waals surface area contributed by atoms with E-state index in [1.807, 2.05) is 28.3 Å². The van der Waals surface area contributed by atoms with E-state index in [1.54, 1.807) is 52.8 Å². The molecule has 0 unspecified atom stereocenters. The van der Waals surface area contributed by atoms with Crippen molar-refractivity contribution in [3.63, 3.8) is 0 Å². The van der Waals surface area contributed by atoms with Crippen LogP contribution in [0.1, 0.15) is 11.3 Å². The van der Waals surface area contributed by atoms with Crippen molar-refractivity contribution in [2.24, 2.45) is 0 Å². The first kappa shape index (κ1) is 15.4. The topological polar surface area (TPSA) is 57.0 Å². The van der Waals surface area contributed by atoms with Crippen LogP contribution in [0.25, 0.3) is 10.6 Å². The lowest BCUT2D eigenvalue weighted by Crippen LogP contribution is -2.27. The van der Waals surface area contributed by atoms with Gasteiger partial charge in [0.05, 0.1) is 23.7 Å². The Morgan fingerprint density at radius 3 is 2.96 bits per heavy atom. The Morgan fingerprint density at radius 2 is 2.22 bits per heavy atom. The Hall–Kier alpha value is -2.49. The number of likely N-dealkylation sites (N-methyl/N-ethyl adjacent to an activating group) is 1. The van der Waals surface area contributed by atoms with Crippen LogP contribution < -0.4 is 4.90 Å². The standard InChI is InChI=1S/C17H13N3OS2/c1-20(15-4-2-3-12(7-15)9-18)16(21)8-14-11-23-17(19-14)13-5-6-22-10-13/h2-7,10-11H,8H2,1H3. The fourth-order valence-corrected chi connectivity index (χ4v) is 3.64. The van der Waals surface area contributed by atoms with E-state index in [1.165, 1.54) is 0 Å². The number of rotatable bonds is 4. The van der Waals surface area contributed by atoms with Gasteiger partial charge in [0.15, 0.2) is 0 Å². The highest BCUT2D eigenvalue weighted by Crippen LogP contribution is 2.26. The van der Waals surface area contributed by atoms with Crippen LogP contribution >= 0.6 is 22.7 Å². The first-order valence-corrected chi connectivity index (χ1v) is 8.73. The van der Waals surface area contributed by atoms with Gasteiger partial charge < -0.3 is 4.90 Å². The molecule has 2 heterocycles. The predicted octanol–water partition coefficient (Wildman–Crippen LogP) is 3.95. The molecule has 0 aliphatic heterocycles. The average molecular weight is 339 g/mol. The normalized spacial score (nSPS) is 10.3. The van der Waals surface area contributed by atoms with Gasteiger partial charge in [0.2, 0.25) is 5.91 Å². The van der Waals surface area contributed by atoms with Gasteiger partial charge in [-0.1, -0.05) is 6.07 Å². The molecule has 6 heteroatoms. The zero-order valence-corrected chi connectivity index (χ0v) is 14.0. The fraction of sp³-hybridized carbons (Fsp3) is 0.118. The molecular weight excluding hydrogens is 326 g/mol. The smallest absolute Gasteiger partial charge is 0.232 e. The minimum absolute atomic E-state index is 0.0535. The molecule has 0 spiro atoms. The second kappa shape index (κ2) is 6.73. The van der Waals surface area contributed by atoms with Crippen molar-refractivity contribution in [2.75, 3.05) is 11.9 Å². The Bertz CT molecular complexity index is 862. The summed E-state index contributed by atoms with van der Waals surface area (Å²) in [4.78, 5) is 18.5. The van der Waals surface area contributed by atoms with E-state index in [0.29, 0.717) is 11.3 Å². The molecule has 3 rings (SSSR count). The number of thiophene rings is 1. The lowest BCUT2D eigenvalue weighted by molar-refractivity contribution is -0.117. The van der Waals surface area contributed by atoms with Gasteiger partial charge in [0, 0.05) is 29.1 Å². The predicted molar refractivity (Wildman–Crippen MR) is 93.7 cm³/mol. The Balaban J connectivity index is 1.72. The molecule has 1 amide bonds. The molecule has 0 radical (unpaired) electrons. The van der Waals surface area contributed by atoms with E-state index >= 15 is 0 Å². The van der Waals surface area contributed by atoms with E-state index in [4.69, 9.17) is 5.26 Å². The number of amides is 1. The first-order chi connectivity index (χ1) is 11.2. The molecule has 1 aromatic carbocycles. The monoisotopic (exact) mass is 339 g/mol. The van der Waals surface area contributed by atoms with Crippen molar-refractivity contribution in [3.05, 3.63) is 57.7 Å². The Kier molecular flexibility index (Phi) is 4.51. The van der Waals surface area contributed by atoms with E-state index in [9.17, 15) is 4.79 Å². The second-order valence-corrected chi connectivity index (χ2v) is 6.59.